The van der Waals surface area contributed by atoms with E-state index in [1.165, 1.54) is 21.9 Å². The van der Waals surface area contributed by atoms with Gasteiger partial charge in [0.05, 0.1) is 18.5 Å². The van der Waals surface area contributed by atoms with Gasteiger partial charge in [0.25, 0.3) is 0 Å². The SMILES string of the molecule is CCOc1ccc2ccc(Cc3nn(O)cc3C3CCNCC3)cc2c1. The first-order valence-electron chi connectivity index (χ1n) is 9.37. The van der Waals surface area contributed by atoms with Gasteiger partial charge in [-0.15, -0.1) is 9.94 Å². The summed E-state index contributed by atoms with van der Waals surface area (Å²) in [6.07, 6.45) is 4.68. The lowest BCUT2D eigenvalue weighted by molar-refractivity contribution is 0.147. The maximum absolute atomic E-state index is 9.88. The van der Waals surface area contributed by atoms with E-state index >= 15 is 0 Å². The number of benzene rings is 2. The van der Waals surface area contributed by atoms with Crippen LogP contribution in [0.1, 0.15) is 42.5 Å². The minimum atomic E-state index is 0.470. The molecule has 0 saturated carbocycles. The Morgan fingerprint density at radius 2 is 1.96 bits per heavy atom. The molecular weight excluding hydrogens is 326 g/mol. The molecule has 4 rings (SSSR count). The van der Waals surface area contributed by atoms with Crippen molar-refractivity contribution in [2.24, 2.45) is 0 Å². The fourth-order valence-electron chi connectivity index (χ4n) is 3.85. The van der Waals surface area contributed by atoms with Gasteiger partial charge in [-0.2, -0.15) is 0 Å². The van der Waals surface area contributed by atoms with Gasteiger partial charge in [-0.1, -0.05) is 24.3 Å². The Labute approximate surface area is 153 Å². The van der Waals surface area contributed by atoms with E-state index in [0.717, 1.165) is 48.6 Å². The third-order valence-corrected chi connectivity index (χ3v) is 5.15. The number of hydrogen-bond acceptors (Lipinski definition) is 4. The van der Waals surface area contributed by atoms with E-state index in [1.807, 2.05) is 13.0 Å². The predicted molar refractivity (Wildman–Crippen MR) is 102 cm³/mol. The molecule has 0 atom stereocenters. The van der Waals surface area contributed by atoms with E-state index < -0.39 is 0 Å². The number of nitrogens with zero attached hydrogens (tertiary/aromatic N) is 2. The van der Waals surface area contributed by atoms with Gasteiger partial charge >= 0.3 is 0 Å². The van der Waals surface area contributed by atoms with E-state index in [9.17, 15) is 5.21 Å². The summed E-state index contributed by atoms with van der Waals surface area (Å²) < 4.78 is 5.62. The van der Waals surface area contributed by atoms with Crippen molar-refractivity contribution in [1.29, 1.82) is 0 Å². The van der Waals surface area contributed by atoms with Crippen molar-refractivity contribution in [2.45, 2.75) is 32.1 Å². The zero-order valence-electron chi connectivity index (χ0n) is 15.1. The van der Waals surface area contributed by atoms with Gasteiger partial charge in [0.15, 0.2) is 0 Å². The molecule has 5 nitrogen and oxygen atoms in total. The molecule has 1 aliphatic rings. The van der Waals surface area contributed by atoms with Gasteiger partial charge in [-0.3, -0.25) is 0 Å². The van der Waals surface area contributed by atoms with Crippen LogP contribution in [0.5, 0.6) is 5.75 Å². The third kappa shape index (κ3) is 3.53. The lowest BCUT2D eigenvalue weighted by Gasteiger charge is -2.22. The molecule has 0 amide bonds. The molecule has 26 heavy (non-hydrogen) atoms. The van der Waals surface area contributed by atoms with Gasteiger partial charge < -0.3 is 15.3 Å². The number of aromatic nitrogens is 2. The molecular formula is C21H25N3O2. The molecule has 3 aromatic rings. The van der Waals surface area contributed by atoms with Crippen LogP contribution in [-0.2, 0) is 6.42 Å². The van der Waals surface area contributed by atoms with Crippen LogP contribution in [0.25, 0.3) is 10.8 Å². The Morgan fingerprint density at radius 1 is 1.15 bits per heavy atom. The second-order valence-corrected chi connectivity index (χ2v) is 6.93. The largest absolute Gasteiger partial charge is 0.494 e. The molecule has 0 spiro atoms. The average Bonchev–Trinajstić information content (AvgIpc) is 3.02. The summed E-state index contributed by atoms with van der Waals surface area (Å²) in [6.45, 7) is 4.71. The minimum Gasteiger partial charge on any atom is -0.494 e. The Balaban J connectivity index is 1.62. The van der Waals surface area contributed by atoms with Crippen LogP contribution in [0.2, 0.25) is 0 Å². The average molecular weight is 351 g/mol. The fourth-order valence-corrected chi connectivity index (χ4v) is 3.85. The Morgan fingerprint density at radius 3 is 2.77 bits per heavy atom. The fraction of sp³-hybridized carbons (Fsp3) is 0.381. The number of rotatable bonds is 5. The third-order valence-electron chi connectivity index (χ3n) is 5.15. The molecule has 0 radical (unpaired) electrons. The summed E-state index contributed by atoms with van der Waals surface area (Å²) in [5.41, 5.74) is 3.34. The zero-order valence-corrected chi connectivity index (χ0v) is 15.1. The number of hydrogen-bond donors (Lipinski definition) is 2. The summed E-state index contributed by atoms with van der Waals surface area (Å²) in [5, 5.41) is 20.0. The van der Waals surface area contributed by atoms with E-state index in [4.69, 9.17) is 4.74 Å². The van der Waals surface area contributed by atoms with Crippen LogP contribution in [0, 0.1) is 0 Å². The number of fused-ring (bicyclic) bond motifs is 1. The first-order chi connectivity index (χ1) is 12.7. The monoisotopic (exact) mass is 351 g/mol. The van der Waals surface area contributed by atoms with Crippen LogP contribution < -0.4 is 10.1 Å². The molecule has 5 heteroatoms. The molecule has 1 aliphatic heterocycles. The molecule has 136 valence electrons. The normalized spacial score (nSPS) is 15.4. The van der Waals surface area contributed by atoms with Crippen molar-refractivity contribution in [3.8, 4) is 5.75 Å². The molecule has 1 aromatic heterocycles. The topological polar surface area (TPSA) is 59.3 Å². The standard InChI is InChI=1S/C21H25N3O2/c1-2-26-19-6-5-16-4-3-15(11-18(16)13-19)12-21-20(14-24(25)23-21)17-7-9-22-10-8-17/h3-6,11,13-14,17,22,25H,2,7-10,12H2,1H3. The zero-order chi connectivity index (χ0) is 17.9. The van der Waals surface area contributed by atoms with Crippen LogP contribution in [0.4, 0.5) is 0 Å². The maximum atomic E-state index is 9.88. The lowest BCUT2D eigenvalue weighted by Crippen LogP contribution is -2.26. The van der Waals surface area contributed by atoms with Crippen LogP contribution in [-0.4, -0.2) is 34.8 Å². The number of piperidine rings is 1. The Bertz CT molecular complexity index is 897. The number of ether oxygens (including phenoxy) is 1. The van der Waals surface area contributed by atoms with Crippen molar-refractivity contribution in [2.75, 3.05) is 19.7 Å². The first kappa shape index (κ1) is 16.9. The van der Waals surface area contributed by atoms with Gasteiger partial charge in [-0.05, 0) is 67.2 Å². The van der Waals surface area contributed by atoms with Crippen LogP contribution in [0.15, 0.2) is 42.6 Å². The van der Waals surface area contributed by atoms with Crippen LogP contribution >= 0.6 is 0 Å². The molecule has 1 saturated heterocycles. The Hall–Kier alpha value is -2.53. The highest BCUT2D eigenvalue weighted by Crippen LogP contribution is 2.29. The lowest BCUT2D eigenvalue weighted by atomic mass is 9.89. The highest BCUT2D eigenvalue weighted by Gasteiger charge is 2.21. The smallest absolute Gasteiger partial charge is 0.119 e. The molecule has 0 bridgehead atoms. The molecule has 2 N–H and O–H groups in total. The van der Waals surface area contributed by atoms with Crippen molar-refractivity contribution in [3.05, 3.63) is 59.4 Å². The highest BCUT2D eigenvalue weighted by atomic mass is 16.5. The molecule has 2 aromatic carbocycles. The van der Waals surface area contributed by atoms with Crippen molar-refractivity contribution >= 4 is 10.8 Å². The quantitative estimate of drug-likeness (QED) is 0.688. The maximum Gasteiger partial charge on any atom is 0.119 e. The summed E-state index contributed by atoms with van der Waals surface area (Å²) >= 11 is 0. The van der Waals surface area contributed by atoms with Crippen molar-refractivity contribution in [1.82, 2.24) is 15.3 Å². The second kappa shape index (κ2) is 7.38. The summed E-state index contributed by atoms with van der Waals surface area (Å²) in [7, 11) is 0. The van der Waals surface area contributed by atoms with E-state index in [0.29, 0.717) is 12.5 Å². The Kier molecular flexibility index (Phi) is 4.80. The summed E-state index contributed by atoms with van der Waals surface area (Å²) in [6, 6.07) is 12.7. The van der Waals surface area contributed by atoms with Gasteiger partial charge in [0, 0.05) is 12.0 Å². The number of nitrogens with one attached hydrogen (secondary N) is 1. The van der Waals surface area contributed by atoms with Gasteiger partial charge in [0.2, 0.25) is 0 Å². The first-order valence-corrected chi connectivity index (χ1v) is 9.37. The second-order valence-electron chi connectivity index (χ2n) is 6.93. The van der Waals surface area contributed by atoms with E-state index in [-0.39, 0.29) is 0 Å². The summed E-state index contributed by atoms with van der Waals surface area (Å²) in [4.78, 5) is 0.973. The van der Waals surface area contributed by atoms with Gasteiger partial charge in [0.1, 0.15) is 5.75 Å². The van der Waals surface area contributed by atoms with E-state index in [1.54, 1.807) is 6.20 Å². The predicted octanol–water partition coefficient (Wildman–Crippen LogP) is 3.73. The molecule has 1 fully saturated rings. The van der Waals surface area contributed by atoms with Crippen molar-refractivity contribution in [3.63, 3.8) is 0 Å². The highest BCUT2D eigenvalue weighted by molar-refractivity contribution is 5.84. The van der Waals surface area contributed by atoms with Crippen molar-refractivity contribution < 1.29 is 9.94 Å². The van der Waals surface area contributed by atoms with Crippen LogP contribution in [0.3, 0.4) is 0 Å². The molecule has 0 aliphatic carbocycles. The minimum absolute atomic E-state index is 0.470. The van der Waals surface area contributed by atoms with Gasteiger partial charge in [-0.25, -0.2) is 0 Å². The molecule has 0 unspecified atom stereocenters. The molecule has 2 heterocycles. The van der Waals surface area contributed by atoms with E-state index in [2.05, 4.69) is 40.7 Å². The summed E-state index contributed by atoms with van der Waals surface area (Å²) in [5.74, 6) is 1.37.